The van der Waals surface area contributed by atoms with Gasteiger partial charge in [-0.2, -0.15) is 0 Å². The molecule has 1 fully saturated rings. The summed E-state index contributed by atoms with van der Waals surface area (Å²) in [6, 6.07) is 7.01. The molecule has 7 heteroatoms. The Kier molecular flexibility index (Phi) is 5.96. The second kappa shape index (κ2) is 8.38. The first-order valence-corrected chi connectivity index (χ1v) is 8.91. The maximum atomic E-state index is 12.4. The van der Waals surface area contributed by atoms with E-state index < -0.39 is 0 Å². The number of hydrogen-bond donors (Lipinski definition) is 2. The molecule has 1 aliphatic rings. The topological polar surface area (TPSA) is 72.5 Å². The molecule has 26 heavy (non-hydrogen) atoms. The van der Waals surface area contributed by atoms with E-state index in [1.165, 1.54) is 0 Å². The summed E-state index contributed by atoms with van der Waals surface area (Å²) in [6.45, 7) is 3.20. The number of pyridine rings is 1. The zero-order valence-corrected chi connectivity index (χ0v) is 15.6. The summed E-state index contributed by atoms with van der Waals surface area (Å²) in [6.07, 6.45) is 3.74. The van der Waals surface area contributed by atoms with Crippen LogP contribution in [0.4, 0.5) is 11.5 Å². The van der Waals surface area contributed by atoms with Crippen molar-refractivity contribution in [2.45, 2.75) is 25.9 Å². The smallest absolute Gasteiger partial charge is 0.251 e. The van der Waals surface area contributed by atoms with Gasteiger partial charge in [0.25, 0.3) is 5.91 Å². The Morgan fingerprint density at radius 1 is 1.42 bits per heavy atom. The lowest BCUT2D eigenvalue weighted by molar-refractivity contribution is 0.0857. The second-order valence-electron chi connectivity index (χ2n) is 6.20. The molecule has 1 amide bonds. The number of carbonyl (C=O) groups excluding carboxylic acids is 1. The van der Waals surface area contributed by atoms with Gasteiger partial charge in [-0.05, 0) is 43.5 Å². The first-order chi connectivity index (χ1) is 12.6. The van der Waals surface area contributed by atoms with Gasteiger partial charge in [-0.3, -0.25) is 4.79 Å². The molecule has 3 rings (SSSR count). The normalized spacial score (nSPS) is 16.3. The van der Waals surface area contributed by atoms with Crippen LogP contribution in [0.2, 0.25) is 5.02 Å². The van der Waals surface area contributed by atoms with Crippen LogP contribution in [0.5, 0.6) is 5.75 Å². The standard InChI is InChI=1S/C19H22ClN3O3/c1-12-8-16(17(25-2)10-15(12)20)23-18-9-13(5-6-21-18)19(24)22-11-14-4-3-7-26-14/h5-6,8-10,14H,3-4,7,11H2,1-2H3,(H,21,23)(H,22,24). The van der Waals surface area contributed by atoms with Crippen LogP contribution in [0.25, 0.3) is 0 Å². The predicted molar refractivity (Wildman–Crippen MR) is 102 cm³/mol. The van der Waals surface area contributed by atoms with E-state index in [4.69, 9.17) is 21.1 Å². The van der Waals surface area contributed by atoms with Crippen LogP contribution in [0.1, 0.15) is 28.8 Å². The number of halogens is 1. The van der Waals surface area contributed by atoms with E-state index in [0.717, 1.165) is 30.7 Å². The number of nitrogens with zero attached hydrogens (tertiary/aromatic N) is 1. The zero-order chi connectivity index (χ0) is 18.5. The lowest BCUT2D eigenvalue weighted by Crippen LogP contribution is -2.31. The number of benzene rings is 1. The minimum absolute atomic E-state index is 0.111. The van der Waals surface area contributed by atoms with Crippen LogP contribution in [-0.2, 0) is 4.74 Å². The third-order valence-electron chi connectivity index (χ3n) is 4.28. The first-order valence-electron chi connectivity index (χ1n) is 8.54. The molecule has 1 aliphatic heterocycles. The summed E-state index contributed by atoms with van der Waals surface area (Å²) in [7, 11) is 1.58. The fourth-order valence-electron chi connectivity index (χ4n) is 2.82. The summed E-state index contributed by atoms with van der Waals surface area (Å²) in [5.41, 5.74) is 2.18. The van der Waals surface area contributed by atoms with Crippen molar-refractivity contribution in [3.63, 3.8) is 0 Å². The van der Waals surface area contributed by atoms with Crippen molar-refractivity contribution in [2.75, 3.05) is 25.6 Å². The van der Waals surface area contributed by atoms with E-state index in [2.05, 4.69) is 15.6 Å². The van der Waals surface area contributed by atoms with Gasteiger partial charge in [-0.25, -0.2) is 4.98 Å². The number of methoxy groups -OCH3 is 1. The molecule has 2 aromatic rings. The SMILES string of the molecule is COc1cc(Cl)c(C)cc1Nc1cc(C(=O)NCC2CCCO2)ccn1. The molecule has 0 aliphatic carbocycles. The summed E-state index contributed by atoms with van der Waals surface area (Å²) in [5.74, 6) is 1.01. The molecule has 0 spiro atoms. The summed E-state index contributed by atoms with van der Waals surface area (Å²) >= 11 is 6.14. The number of nitrogens with one attached hydrogen (secondary N) is 2. The highest BCUT2D eigenvalue weighted by atomic mass is 35.5. The third kappa shape index (κ3) is 4.45. The molecule has 0 radical (unpaired) electrons. The van der Waals surface area contributed by atoms with Crippen LogP contribution < -0.4 is 15.4 Å². The van der Waals surface area contributed by atoms with Crippen LogP contribution in [0.15, 0.2) is 30.5 Å². The Labute approximate surface area is 157 Å². The van der Waals surface area contributed by atoms with Crippen LogP contribution in [0, 0.1) is 6.92 Å². The van der Waals surface area contributed by atoms with Gasteiger partial charge in [0.1, 0.15) is 11.6 Å². The Morgan fingerprint density at radius 3 is 3.00 bits per heavy atom. The Hall–Kier alpha value is -2.31. The van der Waals surface area contributed by atoms with E-state index in [0.29, 0.717) is 28.7 Å². The molecule has 0 saturated carbocycles. The van der Waals surface area contributed by atoms with Gasteiger partial charge in [0.2, 0.25) is 0 Å². The second-order valence-corrected chi connectivity index (χ2v) is 6.61. The van der Waals surface area contributed by atoms with Crippen molar-refractivity contribution < 1.29 is 14.3 Å². The number of amides is 1. The molecule has 1 aromatic heterocycles. The fourth-order valence-corrected chi connectivity index (χ4v) is 2.98. The molecular formula is C19H22ClN3O3. The minimum Gasteiger partial charge on any atom is -0.495 e. The van der Waals surface area contributed by atoms with Crippen molar-refractivity contribution in [3.8, 4) is 5.75 Å². The summed E-state index contributed by atoms with van der Waals surface area (Å²) < 4.78 is 10.9. The van der Waals surface area contributed by atoms with Crippen molar-refractivity contribution in [1.29, 1.82) is 0 Å². The van der Waals surface area contributed by atoms with Crippen molar-refractivity contribution >= 4 is 29.0 Å². The van der Waals surface area contributed by atoms with Gasteiger partial charge in [0, 0.05) is 36.0 Å². The average molecular weight is 376 g/mol. The zero-order valence-electron chi connectivity index (χ0n) is 14.8. The van der Waals surface area contributed by atoms with E-state index in [1.54, 1.807) is 31.5 Å². The van der Waals surface area contributed by atoms with Crippen molar-refractivity contribution in [2.24, 2.45) is 0 Å². The van der Waals surface area contributed by atoms with Crippen LogP contribution in [0.3, 0.4) is 0 Å². The quantitative estimate of drug-likeness (QED) is 0.805. The summed E-state index contributed by atoms with van der Waals surface area (Å²) in [4.78, 5) is 16.6. The molecule has 1 atom stereocenters. The highest BCUT2D eigenvalue weighted by molar-refractivity contribution is 6.31. The van der Waals surface area contributed by atoms with Gasteiger partial charge in [0.15, 0.2) is 0 Å². The minimum atomic E-state index is -0.148. The number of aryl methyl sites for hydroxylation is 1. The number of anilines is 2. The molecule has 2 heterocycles. The number of aromatic nitrogens is 1. The van der Waals surface area contributed by atoms with E-state index in [1.807, 2.05) is 13.0 Å². The van der Waals surface area contributed by atoms with Crippen LogP contribution >= 0.6 is 11.6 Å². The summed E-state index contributed by atoms with van der Waals surface area (Å²) in [5, 5.41) is 6.72. The molecular weight excluding hydrogens is 354 g/mol. The van der Waals surface area contributed by atoms with Gasteiger partial charge in [-0.1, -0.05) is 11.6 Å². The number of hydrogen-bond acceptors (Lipinski definition) is 5. The highest BCUT2D eigenvalue weighted by Gasteiger charge is 2.17. The number of ether oxygens (including phenoxy) is 2. The molecule has 138 valence electrons. The Bertz CT molecular complexity index is 792. The molecule has 0 bridgehead atoms. The monoisotopic (exact) mass is 375 g/mol. The van der Waals surface area contributed by atoms with Gasteiger partial charge < -0.3 is 20.1 Å². The van der Waals surface area contributed by atoms with Crippen LogP contribution in [-0.4, -0.2) is 37.3 Å². The van der Waals surface area contributed by atoms with E-state index >= 15 is 0 Å². The number of rotatable bonds is 6. The fraction of sp³-hybridized carbons (Fsp3) is 0.368. The third-order valence-corrected chi connectivity index (χ3v) is 4.69. The largest absolute Gasteiger partial charge is 0.495 e. The van der Waals surface area contributed by atoms with E-state index in [9.17, 15) is 4.79 Å². The predicted octanol–water partition coefficient (Wildman–Crippen LogP) is 3.70. The highest BCUT2D eigenvalue weighted by Crippen LogP contribution is 2.32. The molecule has 1 saturated heterocycles. The molecule has 1 unspecified atom stereocenters. The maximum absolute atomic E-state index is 12.4. The molecule has 1 aromatic carbocycles. The molecule has 2 N–H and O–H groups in total. The lowest BCUT2D eigenvalue weighted by atomic mass is 10.2. The van der Waals surface area contributed by atoms with Gasteiger partial charge in [-0.15, -0.1) is 0 Å². The molecule has 6 nitrogen and oxygen atoms in total. The Morgan fingerprint density at radius 2 is 2.27 bits per heavy atom. The van der Waals surface area contributed by atoms with Gasteiger partial charge >= 0.3 is 0 Å². The average Bonchev–Trinajstić information content (AvgIpc) is 3.16. The lowest BCUT2D eigenvalue weighted by Gasteiger charge is -2.14. The van der Waals surface area contributed by atoms with Gasteiger partial charge in [0.05, 0.1) is 18.9 Å². The van der Waals surface area contributed by atoms with Crippen molar-refractivity contribution in [1.82, 2.24) is 10.3 Å². The van der Waals surface area contributed by atoms with Crippen molar-refractivity contribution in [3.05, 3.63) is 46.6 Å². The first kappa shape index (κ1) is 18.5. The number of carbonyl (C=O) groups is 1. The maximum Gasteiger partial charge on any atom is 0.251 e. The Balaban J connectivity index is 1.71. The van der Waals surface area contributed by atoms with E-state index in [-0.39, 0.29) is 12.0 Å².